The summed E-state index contributed by atoms with van der Waals surface area (Å²) < 4.78 is 5.66. The third kappa shape index (κ3) is 5.24. The molecule has 0 radical (unpaired) electrons. The van der Waals surface area contributed by atoms with Crippen LogP contribution in [0.4, 0.5) is 11.4 Å². The van der Waals surface area contributed by atoms with Crippen molar-refractivity contribution >= 4 is 29.4 Å². The smallest absolute Gasteiger partial charge is 0.276 e. The molecule has 27 heavy (non-hydrogen) atoms. The van der Waals surface area contributed by atoms with Gasteiger partial charge in [0.15, 0.2) is 0 Å². The van der Waals surface area contributed by atoms with Gasteiger partial charge < -0.3 is 4.42 Å². The second kappa shape index (κ2) is 9.09. The molecule has 0 aliphatic heterocycles. The monoisotopic (exact) mass is 382 g/mol. The van der Waals surface area contributed by atoms with Gasteiger partial charge in [-0.25, -0.2) is 0 Å². The maximum absolute atomic E-state index is 10.7. The summed E-state index contributed by atoms with van der Waals surface area (Å²) >= 11 is 1.57. The summed E-state index contributed by atoms with van der Waals surface area (Å²) in [6, 6.07) is 13.7. The second-order valence-electron chi connectivity index (χ2n) is 5.73. The predicted octanol–water partition coefficient (Wildman–Crippen LogP) is 5.29. The standard InChI is InChI=1S/C19H18N4O3S/c1-2-3-12-27-19-22-21-18(26-19)15-6-8-16(9-7-15)20-13-14-4-10-17(11-5-14)23(24)25/h4-11,13H,2-3,12H2,1H3. The lowest BCUT2D eigenvalue weighted by Crippen LogP contribution is -1.88. The summed E-state index contributed by atoms with van der Waals surface area (Å²) in [4.78, 5) is 14.6. The van der Waals surface area contributed by atoms with E-state index in [1.54, 1.807) is 30.1 Å². The zero-order chi connectivity index (χ0) is 19.1. The van der Waals surface area contributed by atoms with Crippen LogP contribution in [0.1, 0.15) is 25.3 Å². The number of hydrogen-bond acceptors (Lipinski definition) is 7. The third-order valence-corrected chi connectivity index (χ3v) is 4.62. The molecule has 8 heteroatoms. The fourth-order valence-electron chi connectivity index (χ4n) is 2.21. The first kappa shape index (κ1) is 18.8. The molecule has 0 spiro atoms. The van der Waals surface area contributed by atoms with E-state index in [2.05, 4.69) is 22.1 Å². The van der Waals surface area contributed by atoms with Gasteiger partial charge in [0, 0.05) is 29.7 Å². The second-order valence-corrected chi connectivity index (χ2v) is 6.78. The van der Waals surface area contributed by atoms with Crippen LogP contribution in [-0.2, 0) is 0 Å². The van der Waals surface area contributed by atoms with Crippen LogP contribution in [0, 0.1) is 10.1 Å². The molecular weight excluding hydrogens is 364 g/mol. The Balaban J connectivity index is 1.64. The Kier molecular flexibility index (Phi) is 6.32. The number of nitro groups is 1. The van der Waals surface area contributed by atoms with Crippen molar-refractivity contribution in [2.75, 3.05) is 5.75 Å². The van der Waals surface area contributed by atoms with Crippen molar-refractivity contribution in [1.82, 2.24) is 10.2 Å². The van der Waals surface area contributed by atoms with E-state index in [9.17, 15) is 10.1 Å². The number of non-ortho nitro benzene ring substituents is 1. The first-order valence-electron chi connectivity index (χ1n) is 8.51. The SMILES string of the molecule is CCCCSc1nnc(-c2ccc(N=Cc3ccc([N+](=O)[O-])cc3)cc2)o1. The van der Waals surface area contributed by atoms with Gasteiger partial charge in [-0.15, -0.1) is 10.2 Å². The summed E-state index contributed by atoms with van der Waals surface area (Å²) in [5.74, 6) is 1.45. The number of hydrogen-bond donors (Lipinski definition) is 0. The highest BCUT2D eigenvalue weighted by Gasteiger charge is 2.08. The first-order chi connectivity index (χ1) is 13.2. The molecule has 0 amide bonds. The Morgan fingerprint density at radius 2 is 1.89 bits per heavy atom. The van der Waals surface area contributed by atoms with Crippen molar-refractivity contribution in [2.24, 2.45) is 4.99 Å². The summed E-state index contributed by atoms with van der Waals surface area (Å²) in [6.45, 7) is 2.14. The van der Waals surface area contributed by atoms with E-state index in [0.29, 0.717) is 11.1 Å². The number of unbranched alkanes of at least 4 members (excludes halogenated alkanes) is 1. The molecule has 0 aliphatic rings. The van der Waals surface area contributed by atoms with Gasteiger partial charge in [0.2, 0.25) is 5.89 Å². The number of benzene rings is 2. The van der Waals surface area contributed by atoms with Gasteiger partial charge in [0.05, 0.1) is 10.6 Å². The van der Waals surface area contributed by atoms with Gasteiger partial charge in [-0.3, -0.25) is 15.1 Å². The topological polar surface area (TPSA) is 94.4 Å². The van der Waals surface area contributed by atoms with Crippen LogP contribution >= 0.6 is 11.8 Å². The Labute approximate surface area is 160 Å². The lowest BCUT2D eigenvalue weighted by atomic mass is 10.2. The molecule has 0 bridgehead atoms. The van der Waals surface area contributed by atoms with Crippen LogP contribution in [0.15, 0.2) is 63.2 Å². The van der Waals surface area contributed by atoms with Crippen molar-refractivity contribution in [1.29, 1.82) is 0 Å². The van der Waals surface area contributed by atoms with E-state index in [4.69, 9.17) is 4.42 Å². The van der Waals surface area contributed by atoms with E-state index in [1.807, 2.05) is 24.3 Å². The van der Waals surface area contributed by atoms with Crippen LogP contribution in [0.25, 0.3) is 11.5 Å². The average Bonchev–Trinajstić information content (AvgIpc) is 3.16. The number of nitrogens with zero attached hydrogens (tertiary/aromatic N) is 4. The number of nitro benzene ring substituents is 1. The lowest BCUT2D eigenvalue weighted by Gasteiger charge is -1.97. The minimum Gasteiger partial charge on any atom is -0.411 e. The highest BCUT2D eigenvalue weighted by molar-refractivity contribution is 7.99. The van der Waals surface area contributed by atoms with Crippen molar-refractivity contribution < 1.29 is 9.34 Å². The van der Waals surface area contributed by atoms with Gasteiger partial charge in [0.25, 0.3) is 10.9 Å². The zero-order valence-corrected chi connectivity index (χ0v) is 15.6. The normalized spacial score (nSPS) is 11.1. The van der Waals surface area contributed by atoms with Crippen molar-refractivity contribution in [3.05, 3.63) is 64.2 Å². The Morgan fingerprint density at radius 1 is 1.15 bits per heavy atom. The minimum atomic E-state index is -0.426. The molecule has 138 valence electrons. The highest BCUT2D eigenvalue weighted by atomic mass is 32.2. The van der Waals surface area contributed by atoms with Gasteiger partial charge in [0.1, 0.15) is 0 Å². The number of aliphatic imine (C=N–C) groups is 1. The van der Waals surface area contributed by atoms with Crippen LogP contribution in [0.3, 0.4) is 0 Å². The number of rotatable bonds is 8. The van der Waals surface area contributed by atoms with Crippen molar-refractivity contribution in [3.63, 3.8) is 0 Å². The molecule has 0 unspecified atom stereocenters. The molecule has 1 heterocycles. The van der Waals surface area contributed by atoms with Crippen molar-refractivity contribution in [2.45, 2.75) is 25.0 Å². The molecule has 0 atom stereocenters. The summed E-state index contributed by atoms with van der Waals surface area (Å²) in [7, 11) is 0. The average molecular weight is 382 g/mol. The first-order valence-corrected chi connectivity index (χ1v) is 9.49. The summed E-state index contributed by atoms with van der Waals surface area (Å²) in [5, 5.41) is 19.4. The van der Waals surface area contributed by atoms with Gasteiger partial charge in [-0.2, -0.15) is 0 Å². The third-order valence-electron chi connectivity index (χ3n) is 3.71. The number of thioether (sulfide) groups is 1. The molecule has 0 aliphatic carbocycles. The van der Waals surface area contributed by atoms with Crippen LogP contribution in [0.5, 0.6) is 0 Å². The molecular formula is C19H18N4O3S. The van der Waals surface area contributed by atoms with Gasteiger partial charge in [-0.05, 0) is 48.4 Å². The van der Waals surface area contributed by atoms with Gasteiger partial charge >= 0.3 is 0 Å². The molecule has 0 N–H and O–H groups in total. The molecule has 0 fully saturated rings. The summed E-state index contributed by atoms with van der Waals surface area (Å²) in [5.41, 5.74) is 2.44. The van der Waals surface area contributed by atoms with E-state index in [-0.39, 0.29) is 5.69 Å². The highest BCUT2D eigenvalue weighted by Crippen LogP contribution is 2.25. The molecule has 0 saturated carbocycles. The zero-order valence-electron chi connectivity index (χ0n) is 14.7. The quantitative estimate of drug-likeness (QED) is 0.173. The van der Waals surface area contributed by atoms with E-state index in [1.165, 1.54) is 12.1 Å². The van der Waals surface area contributed by atoms with Gasteiger partial charge in [-0.1, -0.05) is 25.1 Å². The van der Waals surface area contributed by atoms with Crippen molar-refractivity contribution in [3.8, 4) is 11.5 Å². The van der Waals surface area contributed by atoms with E-state index < -0.39 is 4.92 Å². The maximum Gasteiger partial charge on any atom is 0.276 e. The van der Waals surface area contributed by atoms with Crippen LogP contribution in [0.2, 0.25) is 0 Å². The minimum absolute atomic E-state index is 0.0586. The van der Waals surface area contributed by atoms with Crippen LogP contribution in [-0.4, -0.2) is 27.1 Å². The van der Waals surface area contributed by atoms with Crippen LogP contribution < -0.4 is 0 Å². The van der Waals surface area contributed by atoms with E-state index >= 15 is 0 Å². The summed E-state index contributed by atoms with van der Waals surface area (Å²) in [6.07, 6.45) is 3.91. The Bertz CT molecular complexity index is 921. The Morgan fingerprint density at radius 3 is 2.56 bits per heavy atom. The fourth-order valence-corrected chi connectivity index (χ4v) is 3.05. The fraction of sp³-hybridized carbons (Fsp3) is 0.211. The maximum atomic E-state index is 10.7. The number of aromatic nitrogens is 2. The Hall–Kier alpha value is -3.00. The largest absolute Gasteiger partial charge is 0.411 e. The lowest BCUT2D eigenvalue weighted by molar-refractivity contribution is -0.384. The molecule has 7 nitrogen and oxygen atoms in total. The molecule has 3 aromatic rings. The van der Waals surface area contributed by atoms with E-state index in [0.717, 1.165) is 35.4 Å². The molecule has 2 aromatic carbocycles. The molecule has 1 aromatic heterocycles. The molecule has 3 rings (SSSR count). The molecule has 0 saturated heterocycles. The predicted molar refractivity (Wildman–Crippen MR) is 106 cm³/mol.